The Balaban J connectivity index is 0.787. The van der Waals surface area contributed by atoms with Crippen LogP contribution in [0.15, 0.2) is 40.9 Å². The first kappa shape index (κ1) is 31.3. The van der Waals surface area contributed by atoms with Gasteiger partial charge in [-0.2, -0.15) is 0 Å². The number of piperazine rings is 1. The quantitative estimate of drug-likeness (QED) is 0.311. The molecular weight excluding hydrogens is 612 g/mol. The summed E-state index contributed by atoms with van der Waals surface area (Å²) in [4.78, 5) is 22.5. The number of fused-ring (bicyclic) bond motifs is 3. The minimum atomic E-state index is -0.450. The molecule has 4 aliphatic heterocycles. The molecule has 256 valence electrons. The molecule has 3 N–H and O–H groups in total. The molecule has 3 saturated heterocycles. The lowest BCUT2D eigenvalue weighted by atomic mass is 9.60. The summed E-state index contributed by atoms with van der Waals surface area (Å²) in [5.74, 6) is 1.56. The number of aliphatic hydroxyl groups is 1. The molecule has 8 rings (SSSR count). The zero-order valence-corrected chi connectivity index (χ0v) is 27.8. The molecule has 3 atom stereocenters. The molecule has 0 bridgehead atoms. The zero-order valence-electron chi connectivity index (χ0n) is 27.8. The first-order valence-electron chi connectivity index (χ1n) is 17.4. The van der Waals surface area contributed by atoms with Gasteiger partial charge in [0.05, 0.1) is 23.5 Å². The highest BCUT2D eigenvalue weighted by Gasteiger charge is 2.54. The van der Waals surface area contributed by atoms with Crippen LogP contribution in [0.4, 0.5) is 11.5 Å². The van der Waals surface area contributed by atoms with Gasteiger partial charge in [-0.05, 0) is 54.0 Å². The van der Waals surface area contributed by atoms with Crippen molar-refractivity contribution in [2.45, 2.75) is 57.2 Å². The van der Waals surface area contributed by atoms with E-state index in [2.05, 4.69) is 41.4 Å². The number of benzene rings is 1. The van der Waals surface area contributed by atoms with E-state index in [1.165, 1.54) is 12.8 Å². The van der Waals surface area contributed by atoms with Gasteiger partial charge in [-0.25, -0.2) is 0 Å². The van der Waals surface area contributed by atoms with Crippen LogP contribution in [0, 0.1) is 11.3 Å². The molecule has 13 heteroatoms. The van der Waals surface area contributed by atoms with E-state index in [1.54, 1.807) is 17.0 Å². The van der Waals surface area contributed by atoms with Crippen molar-refractivity contribution in [3.05, 3.63) is 42.2 Å². The van der Waals surface area contributed by atoms with Gasteiger partial charge in [-0.15, -0.1) is 10.2 Å². The summed E-state index contributed by atoms with van der Waals surface area (Å²) in [5.41, 5.74) is 2.88. The highest BCUT2D eigenvalue weighted by molar-refractivity contribution is 5.83. The van der Waals surface area contributed by atoms with E-state index < -0.39 is 12.0 Å². The first-order valence-corrected chi connectivity index (χ1v) is 17.4. The molecule has 0 radical (unpaired) electrons. The third-order valence-corrected chi connectivity index (χ3v) is 11.1. The van der Waals surface area contributed by atoms with Gasteiger partial charge in [0.1, 0.15) is 18.3 Å². The molecule has 1 spiro atoms. The number of aliphatic hydroxyl groups excluding tert-OH is 1. The molecule has 1 aromatic carbocycles. The van der Waals surface area contributed by atoms with Gasteiger partial charge in [0.2, 0.25) is 5.91 Å². The summed E-state index contributed by atoms with van der Waals surface area (Å²) in [5, 5.41) is 36.7. The summed E-state index contributed by atoms with van der Waals surface area (Å²) < 4.78 is 11.5. The fourth-order valence-electron chi connectivity index (χ4n) is 8.62. The van der Waals surface area contributed by atoms with Crippen LogP contribution < -0.4 is 15.0 Å². The first-order chi connectivity index (χ1) is 23.2. The van der Waals surface area contributed by atoms with E-state index in [4.69, 9.17) is 9.26 Å². The number of anilines is 2. The number of hydrogen-bond donors (Lipinski definition) is 3. The predicted molar refractivity (Wildman–Crippen MR) is 179 cm³/mol. The number of amides is 1. The SMILES string of the molecule is CC(C)[C@@H](C(=O)N1CC[C@@H](O)C1)c1cc(OCCN2CC3(CC(N4CCN5c6cc(-c7ccccc7O)nnc6NCC5C4)C3)C2)no1. The Morgan fingerprint density at radius 3 is 2.71 bits per heavy atom. The average molecular weight is 659 g/mol. The third kappa shape index (κ3) is 5.85. The van der Waals surface area contributed by atoms with Crippen molar-refractivity contribution in [1.29, 1.82) is 0 Å². The van der Waals surface area contributed by atoms with Gasteiger partial charge < -0.3 is 34.6 Å². The summed E-state index contributed by atoms with van der Waals surface area (Å²) in [6.07, 6.45) is 2.66. The molecule has 1 saturated carbocycles. The summed E-state index contributed by atoms with van der Waals surface area (Å²) in [6.45, 7) is 12.4. The second-order valence-corrected chi connectivity index (χ2v) is 14.8. The van der Waals surface area contributed by atoms with Crippen LogP contribution in [-0.2, 0) is 4.79 Å². The van der Waals surface area contributed by atoms with Crippen LogP contribution in [0.3, 0.4) is 0 Å². The highest BCUT2D eigenvalue weighted by atomic mass is 16.5. The molecular formula is C35H46N8O5. The molecule has 3 aromatic rings. The Morgan fingerprint density at radius 1 is 1.10 bits per heavy atom. The lowest BCUT2D eigenvalue weighted by Crippen LogP contribution is -2.69. The Labute approximate surface area is 280 Å². The van der Waals surface area contributed by atoms with Crippen molar-refractivity contribution < 1.29 is 24.3 Å². The van der Waals surface area contributed by atoms with Crippen LogP contribution >= 0.6 is 0 Å². The number of aromatic nitrogens is 3. The van der Waals surface area contributed by atoms with Gasteiger partial charge in [-0.1, -0.05) is 26.0 Å². The van der Waals surface area contributed by atoms with Crippen molar-refractivity contribution in [2.24, 2.45) is 11.3 Å². The number of carbonyl (C=O) groups excluding carboxylic acids is 1. The van der Waals surface area contributed by atoms with Crippen molar-refractivity contribution in [3.8, 4) is 22.9 Å². The van der Waals surface area contributed by atoms with Crippen LogP contribution in [-0.4, -0.2) is 130 Å². The molecule has 1 amide bonds. The van der Waals surface area contributed by atoms with E-state index in [1.807, 2.05) is 32.0 Å². The number of rotatable bonds is 9. The van der Waals surface area contributed by atoms with Crippen LogP contribution in [0.25, 0.3) is 11.3 Å². The number of ether oxygens (including phenoxy) is 1. The number of β-amino-alcohol motifs (C(OH)–C–C–N with tert-alkyl or cyclic N) is 1. The van der Waals surface area contributed by atoms with Gasteiger partial charge >= 0.3 is 0 Å². The summed E-state index contributed by atoms with van der Waals surface area (Å²) >= 11 is 0. The van der Waals surface area contributed by atoms with Crippen LogP contribution in [0.5, 0.6) is 11.6 Å². The van der Waals surface area contributed by atoms with E-state index in [-0.39, 0.29) is 17.6 Å². The maximum absolute atomic E-state index is 13.1. The number of likely N-dealkylation sites (tertiary alicyclic amines) is 2. The third-order valence-electron chi connectivity index (χ3n) is 11.1. The maximum atomic E-state index is 13.1. The number of aromatic hydroxyl groups is 1. The largest absolute Gasteiger partial charge is 0.507 e. The normalized spacial score (nSPS) is 24.5. The van der Waals surface area contributed by atoms with Gasteiger partial charge in [0.15, 0.2) is 11.6 Å². The van der Waals surface area contributed by atoms with Gasteiger partial charge in [-0.3, -0.25) is 14.6 Å². The smallest absolute Gasteiger partial charge is 0.254 e. The van der Waals surface area contributed by atoms with Crippen molar-refractivity contribution in [3.63, 3.8) is 0 Å². The van der Waals surface area contributed by atoms with E-state index >= 15 is 0 Å². The Morgan fingerprint density at radius 2 is 1.94 bits per heavy atom. The topological polar surface area (TPSA) is 144 Å². The molecule has 1 unspecified atom stereocenters. The average Bonchev–Trinajstić information content (AvgIpc) is 3.69. The number of para-hydroxylation sites is 1. The standard InChI is InChI=1S/C35H46N8O5/c1-22(2)32(34(46)42-8-7-25(44)19-42)30-14-31(39-48-30)47-12-11-40-20-35(21-40)15-23(16-35)41-9-10-43-24(18-41)17-36-33-28(43)13-27(37-38-33)26-5-3-4-6-29(26)45/h3-6,13-14,22-25,32,44-45H,7-12,15-21H2,1-2H3,(H,36,38)/t24?,25-,32-/m1/s1. The van der Waals surface area contributed by atoms with Crippen molar-refractivity contribution in [1.82, 2.24) is 30.1 Å². The Bertz CT molecular complexity index is 1630. The number of hydrogen-bond acceptors (Lipinski definition) is 12. The summed E-state index contributed by atoms with van der Waals surface area (Å²) in [6, 6.07) is 12.1. The molecule has 13 nitrogen and oxygen atoms in total. The predicted octanol–water partition coefficient (Wildman–Crippen LogP) is 2.63. The molecule has 6 heterocycles. The fourth-order valence-corrected chi connectivity index (χ4v) is 8.62. The lowest BCUT2D eigenvalue weighted by molar-refractivity contribution is -0.133. The fraction of sp³-hybridized carbons (Fsp3) is 0.600. The minimum absolute atomic E-state index is 0.0225. The number of nitrogens with one attached hydrogen (secondary N) is 1. The van der Waals surface area contributed by atoms with Crippen molar-refractivity contribution in [2.75, 3.05) is 75.7 Å². The number of carbonyl (C=O) groups is 1. The van der Waals surface area contributed by atoms with Crippen LogP contribution in [0.2, 0.25) is 0 Å². The maximum Gasteiger partial charge on any atom is 0.254 e. The van der Waals surface area contributed by atoms with Crippen molar-refractivity contribution >= 4 is 17.4 Å². The van der Waals surface area contributed by atoms with Gasteiger partial charge in [0.25, 0.3) is 5.88 Å². The number of phenols is 1. The molecule has 4 fully saturated rings. The molecule has 48 heavy (non-hydrogen) atoms. The van der Waals surface area contributed by atoms with E-state index in [0.29, 0.717) is 66.5 Å². The Kier molecular flexibility index (Phi) is 8.16. The second kappa shape index (κ2) is 12.5. The molecule has 5 aliphatic rings. The Hall–Kier alpha value is -3.94. The highest BCUT2D eigenvalue weighted by Crippen LogP contribution is 2.50. The van der Waals surface area contributed by atoms with Gasteiger partial charge in [0, 0.05) is 76.6 Å². The molecule has 2 aromatic heterocycles. The minimum Gasteiger partial charge on any atom is -0.507 e. The van der Waals surface area contributed by atoms with Crippen LogP contribution in [0.1, 0.15) is 44.8 Å². The number of phenolic OH excluding ortho intramolecular Hbond substituents is 1. The van der Waals surface area contributed by atoms with E-state index in [9.17, 15) is 15.0 Å². The second-order valence-electron chi connectivity index (χ2n) is 14.8. The number of nitrogens with zero attached hydrogens (tertiary/aromatic N) is 7. The molecule has 1 aliphatic carbocycles. The zero-order chi connectivity index (χ0) is 33.0. The monoisotopic (exact) mass is 658 g/mol. The van der Waals surface area contributed by atoms with E-state index in [0.717, 1.165) is 57.3 Å². The lowest BCUT2D eigenvalue weighted by Gasteiger charge is -2.62. The summed E-state index contributed by atoms with van der Waals surface area (Å²) in [7, 11) is 0.